The molecule has 0 radical (unpaired) electrons. The number of halogens is 2. The van der Waals surface area contributed by atoms with E-state index in [1.807, 2.05) is 0 Å². The molecule has 1 atom stereocenters. The molecule has 1 saturated carbocycles. The predicted octanol–water partition coefficient (Wildman–Crippen LogP) is 4.00. The van der Waals surface area contributed by atoms with Crippen LogP contribution < -0.4 is 25.1 Å². The monoisotopic (exact) mass is 538 g/mol. The second kappa shape index (κ2) is 10.1. The van der Waals surface area contributed by atoms with Gasteiger partial charge in [-0.05, 0) is 37.8 Å². The second-order valence-electron chi connectivity index (χ2n) is 9.30. The van der Waals surface area contributed by atoms with Gasteiger partial charge < -0.3 is 34.0 Å². The zero-order valence-corrected chi connectivity index (χ0v) is 21.6. The first-order valence-corrected chi connectivity index (χ1v) is 12.7. The molecule has 0 bridgehead atoms. The molecule has 1 aromatic heterocycles. The summed E-state index contributed by atoms with van der Waals surface area (Å²) in [6.45, 7) is 3.29. The number of benzene rings is 1. The van der Waals surface area contributed by atoms with Crippen LogP contribution in [0, 0.1) is 12.8 Å². The molecule has 2 aromatic rings. The van der Waals surface area contributed by atoms with E-state index in [2.05, 4.69) is 10.3 Å². The third kappa shape index (κ3) is 4.77. The van der Waals surface area contributed by atoms with Crippen molar-refractivity contribution in [1.82, 2.24) is 10.3 Å². The van der Waals surface area contributed by atoms with Crippen LogP contribution in [0.15, 0.2) is 16.9 Å². The molecule has 2 aliphatic heterocycles. The van der Waals surface area contributed by atoms with Gasteiger partial charge in [-0.15, -0.1) is 0 Å². The molecule has 1 saturated heterocycles. The van der Waals surface area contributed by atoms with Crippen LogP contribution in [0.1, 0.15) is 47.3 Å². The number of aromatic nitrogens is 1. The Hall–Kier alpha value is -2.46. The van der Waals surface area contributed by atoms with Crippen LogP contribution in [-0.2, 0) is 16.0 Å². The highest BCUT2D eigenvalue weighted by Gasteiger charge is 2.44. The molecule has 194 valence electrons. The van der Waals surface area contributed by atoms with E-state index in [0.717, 1.165) is 25.7 Å². The summed E-state index contributed by atoms with van der Waals surface area (Å²) in [7, 11) is 1.47. The third-order valence-electron chi connectivity index (χ3n) is 7.04. The van der Waals surface area contributed by atoms with Crippen molar-refractivity contribution in [3.8, 4) is 17.2 Å². The number of methoxy groups -OCH3 is 1. The van der Waals surface area contributed by atoms with E-state index < -0.39 is 11.7 Å². The van der Waals surface area contributed by atoms with Crippen molar-refractivity contribution in [2.24, 2.45) is 5.92 Å². The van der Waals surface area contributed by atoms with E-state index in [1.165, 1.54) is 13.2 Å². The lowest BCUT2D eigenvalue weighted by Crippen LogP contribution is -2.43. The molecule has 1 spiro atoms. The SMILES string of the molecule is COc1cc(C)[nH]c(=O)c1CNC(=O)c1cc(Cl)c2c(c1Cl)O[C@@H](C1CCC3(CC1)OCCO3)CO2. The maximum Gasteiger partial charge on any atom is 0.256 e. The molecular formula is C25H28Cl2N2O7. The highest BCUT2D eigenvalue weighted by molar-refractivity contribution is 6.38. The Morgan fingerprint density at radius 3 is 2.61 bits per heavy atom. The molecule has 2 fully saturated rings. The van der Waals surface area contributed by atoms with Gasteiger partial charge >= 0.3 is 0 Å². The van der Waals surface area contributed by atoms with E-state index in [9.17, 15) is 9.59 Å². The van der Waals surface area contributed by atoms with Crippen LogP contribution in [0.25, 0.3) is 0 Å². The normalized spacial score (nSPS) is 20.9. The Kier molecular flexibility index (Phi) is 7.09. The van der Waals surface area contributed by atoms with Crippen molar-refractivity contribution in [2.45, 2.75) is 51.0 Å². The van der Waals surface area contributed by atoms with Gasteiger partial charge in [-0.25, -0.2) is 0 Å². The third-order valence-corrected chi connectivity index (χ3v) is 7.70. The first-order chi connectivity index (χ1) is 17.3. The highest BCUT2D eigenvalue weighted by atomic mass is 35.5. The van der Waals surface area contributed by atoms with Crippen molar-refractivity contribution in [1.29, 1.82) is 0 Å². The number of nitrogens with one attached hydrogen (secondary N) is 2. The van der Waals surface area contributed by atoms with Gasteiger partial charge in [0.25, 0.3) is 11.5 Å². The number of rotatable bonds is 5. The quantitative estimate of drug-likeness (QED) is 0.592. The lowest BCUT2D eigenvalue weighted by molar-refractivity contribution is -0.187. The Morgan fingerprint density at radius 1 is 1.19 bits per heavy atom. The average Bonchev–Trinajstić information content (AvgIpc) is 3.33. The van der Waals surface area contributed by atoms with Gasteiger partial charge in [-0.3, -0.25) is 9.59 Å². The van der Waals surface area contributed by atoms with Gasteiger partial charge in [0.1, 0.15) is 18.5 Å². The summed E-state index contributed by atoms with van der Waals surface area (Å²) in [5.41, 5.74) is 0.729. The minimum atomic E-state index is -0.507. The molecule has 1 aliphatic carbocycles. The summed E-state index contributed by atoms with van der Waals surface area (Å²) in [5.74, 6) is 0.217. The number of pyridine rings is 1. The minimum absolute atomic E-state index is 0.0589. The molecular weight excluding hydrogens is 511 g/mol. The minimum Gasteiger partial charge on any atom is -0.496 e. The smallest absolute Gasteiger partial charge is 0.256 e. The summed E-state index contributed by atoms with van der Waals surface area (Å²) in [6, 6.07) is 3.13. The van der Waals surface area contributed by atoms with Crippen LogP contribution >= 0.6 is 23.2 Å². The zero-order valence-electron chi connectivity index (χ0n) is 20.1. The number of hydrogen-bond donors (Lipinski definition) is 2. The van der Waals surface area contributed by atoms with Gasteiger partial charge in [0.05, 0.1) is 48.0 Å². The Bertz CT molecular complexity index is 1220. The van der Waals surface area contributed by atoms with E-state index in [4.69, 9.17) is 46.9 Å². The van der Waals surface area contributed by atoms with Crippen LogP contribution in [-0.4, -0.2) is 49.7 Å². The van der Waals surface area contributed by atoms with Crippen molar-refractivity contribution in [3.63, 3.8) is 0 Å². The Balaban J connectivity index is 1.31. The molecule has 2 N–H and O–H groups in total. The standard InChI is InChI=1S/C25H28Cl2N2O7/c1-13-9-18(32-2)16(24(31)29-13)11-28-23(30)15-10-17(26)21-22(20(15)27)36-19(12-33-21)14-3-5-25(6-4-14)34-7-8-35-25/h9-10,14,19H,3-8,11-12H2,1-2H3,(H,28,30)(H,29,31)/t19-/m1/s1. The number of hydrogen-bond acceptors (Lipinski definition) is 7. The van der Waals surface area contributed by atoms with Crippen LogP contribution in [0.5, 0.6) is 17.2 Å². The fourth-order valence-electron chi connectivity index (χ4n) is 5.11. The predicted molar refractivity (Wildman–Crippen MR) is 132 cm³/mol. The highest BCUT2D eigenvalue weighted by Crippen LogP contribution is 2.48. The van der Waals surface area contributed by atoms with E-state index in [1.54, 1.807) is 13.0 Å². The maximum absolute atomic E-state index is 13.1. The largest absolute Gasteiger partial charge is 0.496 e. The summed E-state index contributed by atoms with van der Waals surface area (Å²) in [4.78, 5) is 28.1. The van der Waals surface area contributed by atoms with Crippen molar-refractivity contribution in [3.05, 3.63) is 49.4 Å². The zero-order chi connectivity index (χ0) is 25.4. The van der Waals surface area contributed by atoms with Gasteiger partial charge in [0.15, 0.2) is 17.3 Å². The molecule has 5 rings (SSSR count). The molecule has 1 aromatic carbocycles. The number of carbonyl (C=O) groups is 1. The summed E-state index contributed by atoms with van der Waals surface area (Å²) in [6.07, 6.45) is 3.08. The number of carbonyl (C=O) groups excluding carboxylic acids is 1. The number of amides is 1. The maximum atomic E-state index is 13.1. The molecule has 11 heteroatoms. The number of aromatic amines is 1. The molecule has 1 amide bonds. The van der Waals surface area contributed by atoms with E-state index in [0.29, 0.717) is 42.6 Å². The van der Waals surface area contributed by atoms with Gasteiger partial charge in [0.2, 0.25) is 0 Å². The van der Waals surface area contributed by atoms with Crippen molar-refractivity contribution < 1.29 is 28.5 Å². The lowest BCUT2D eigenvalue weighted by Gasteiger charge is -2.40. The summed E-state index contributed by atoms with van der Waals surface area (Å²) in [5, 5.41) is 3.05. The molecule has 9 nitrogen and oxygen atoms in total. The fourth-order valence-corrected chi connectivity index (χ4v) is 5.63. The van der Waals surface area contributed by atoms with Crippen LogP contribution in [0.2, 0.25) is 10.0 Å². The van der Waals surface area contributed by atoms with Crippen LogP contribution in [0.4, 0.5) is 0 Å². The van der Waals surface area contributed by atoms with E-state index in [-0.39, 0.29) is 45.5 Å². The molecule has 36 heavy (non-hydrogen) atoms. The Morgan fingerprint density at radius 2 is 1.92 bits per heavy atom. The molecule has 3 aliphatic rings. The average molecular weight is 539 g/mol. The van der Waals surface area contributed by atoms with Gasteiger partial charge in [0, 0.05) is 18.5 Å². The fraction of sp³-hybridized carbons (Fsp3) is 0.520. The van der Waals surface area contributed by atoms with Crippen LogP contribution in [0.3, 0.4) is 0 Å². The molecule has 0 unspecified atom stereocenters. The van der Waals surface area contributed by atoms with Crippen molar-refractivity contribution in [2.75, 3.05) is 26.9 Å². The van der Waals surface area contributed by atoms with Gasteiger partial charge in [-0.1, -0.05) is 23.2 Å². The van der Waals surface area contributed by atoms with E-state index >= 15 is 0 Å². The summed E-state index contributed by atoms with van der Waals surface area (Å²) >= 11 is 13.1. The first-order valence-electron chi connectivity index (χ1n) is 11.9. The number of aryl methyl sites for hydroxylation is 1. The molecule has 3 heterocycles. The summed E-state index contributed by atoms with van der Waals surface area (Å²) < 4.78 is 29.2. The van der Waals surface area contributed by atoms with Gasteiger partial charge in [-0.2, -0.15) is 0 Å². The van der Waals surface area contributed by atoms with Crippen molar-refractivity contribution >= 4 is 29.1 Å². The first kappa shape index (κ1) is 25.2. The Labute approximate surface area is 218 Å². The second-order valence-corrected chi connectivity index (χ2v) is 10.1. The number of ether oxygens (including phenoxy) is 5. The number of fused-ring (bicyclic) bond motifs is 1. The topological polar surface area (TPSA) is 108 Å². The number of H-pyrrole nitrogens is 1. The lowest BCUT2D eigenvalue weighted by atomic mass is 9.81.